The number of rotatable bonds is 1. The van der Waals surface area contributed by atoms with Gasteiger partial charge in [-0.1, -0.05) is 13.8 Å². The van der Waals surface area contributed by atoms with Crippen molar-refractivity contribution in [3.63, 3.8) is 0 Å². The Morgan fingerprint density at radius 1 is 1.33 bits per heavy atom. The van der Waals surface area contributed by atoms with E-state index in [0.717, 1.165) is 6.42 Å². The van der Waals surface area contributed by atoms with Crippen LogP contribution in [0.25, 0.3) is 0 Å². The Bertz CT molecular complexity index is 179. The standard InChI is InChI=1S/C10H18O2/c1-7(2)9-8-5-4-6-10(3,11-8)12-9/h7-9H,4-6H2,1-3H3/t8-,9+,10-/m1/s1. The summed E-state index contributed by atoms with van der Waals surface area (Å²) in [7, 11) is 0. The topological polar surface area (TPSA) is 18.5 Å². The normalized spacial score (nSPS) is 47.0. The molecule has 70 valence electrons. The number of ether oxygens (including phenoxy) is 2. The van der Waals surface area contributed by atoms with Gasteiger partial charge in [-0.25, -0.2) is 0 Å². The number of fused-ring (bicyclic) bond motifs is 2. The summed E-state index contributed by atoms with van der Waals surface area (Å²) in [5, 5.41) is 0. The first-order valence-electron chi connectivity index (χ1n) is 4.96. The molecule has 0 aromatic rings. The molecule has 0 radical (unpaired) electrons. The van der Waals surface area contributed by atoms with Crippen LogP contribution in [0.1, 0.15) is 40.0 Å². The van der Waals surface area contributed by atoms with E-state index in [1.807, 2.05) is 0 Å². The molecule has 0 aliphatic carbocycles. The van der Waals surface area contributed by atoms with Crippen molar-refractivity contribution in [2.45, 2.75) is 58.0 Å². The van der Waals surface area contributed by atoms with Crippen LogP contribution in [-0.4, -0.2) is 18.0 Å². The third-order valence-corrected chi connectivity index (χ3v) is 2.93. The average Bonchev–Trinajstić information content (AvgIpc) is 2.22. The maximum atomic E-state index is 5.91. The van der Waals surface area contributed by atoms with Crippen LogP contribution in [0.3, 0.4) is 0 Å². The van der Waals surface area contributed by atoms with Crippen LogP contribution in [0.4, 0.5) is 0 Å². The SMILES string of the molecule is CC(C)[C@@H]1O[C@]2(C)CCC[C@H]1O2. The van der Waals surface area contributed by atoms with E-state index in [9.17, 15) is 0 Å². The van der Waals surface area contributed by atoms with Gasteiger partial charge < -0.3 is 9.47 Å². The first kappa shape index (κ1) is 8.52. The molecule has 0 saturated carbocycles. The first-order valence-corrected chi connectivity index (χ1v) is 4.96. The van der Waals surface area contributed by atoms with Crippen LogP contribution in [-0.2, 0) is 9.47 Å². The van der Waals surface area contributed by atoms with Gasteiger partial charge in [0, 0.05) is 6.42 Å². The lowest BCUT2D eigenvalue weighted by Gasteiger charge is -2.26. The molecule has 12 heavy (non-hydrogen) atoms. The van der Waals surface area contributed by atoms with Crippen LogP contribution in [0, 0.1) is 5.92 Å². The summed E-state index contributed by atoms with van der Waals surface area (Å²) in [6.45, 7) is 6.48. The van der Waals surface area contributed by atoms with E-state index >= 15 is 0 Å². The third kappa shape index (κ3) is 1.27. The van der Waals surface area contributed by atoms with Gasteiger partial charge >= 0.3 is 0 Å². The second-order valence-corrected chi connectivity index (χ2v) is 4.51. The predicted octanol–water partition coefficient (Wildman–Crippen LogP) is 2.33. The molecule has 0 N–H and O–H groups in total. The fourth-order valence-electron chi connectivity index (χ4n) is 2.31. The van der Waals surface area contributed by atoms with Gasteiger partial charge in [-0.05, 0) is 25.7 Å². The van der Waals surface area contributed by atoms with Crippen LogP contribution < -0.4 is 0 Å². The molecule has 0 amide bonds. The highest BCUT2D eigenvalue weighted by Gasteiger charge is 2.47. The zero-order valence-corrected chi connectivity index (χ0v) is 8.17. The van der Waals surface area contributed by atoms with Crippen molar-refractivity contribution in [1.82, 2.24) is 0 Å². The lowest BCUT2D eigenvalue weighted by atomic mass is 9.97. The molecular weight excluding hydrogens is 152 g/mol. The summed E-state index contributed by atoms with van der Waals surface area (Å²) in [5.41, 5.74) is 0. The van der Waals surface area contributed by atoms with Crippen molar-refractivity contribution in [2.24, 2.45) is 5.92 Å². The summed E-state index contributed by atoms with van der Waals surface area (Å²) in [6, 6.07) is 0. The van der Waals surface area contributed by atoms with Gasteiger partial charge in [-0.3, -0.25) is 0 Å². The maximum absolute atomic E-state index is 5.91. The molecule has 2 saturated heterocycles. The minimum atomic E-state index is -0.252. The summed E-state index contributed by atoms with van der Waals surface area (Å²) in [4.78, 5) is 0. The summed E-state index contributed by atoms with van der Waals surface area (Å²) < 4.78 is 11.7. The molecule has 3 atom stereocenters. The van der Waals surface area contributed by atoms with Crippen molar-refractivity contribution in [3.8, 4) is 0 Å². The Kier molecular flexibility index (Phi) is 1.92. The molecule has 0 aromatic carbocycles. The monoisotopic (exact) mass is 170 g/mol. The molecule has 2 bridgehead atoms. The fourth-order valence-corrected chi connectivity index (χ4v) is 2.31. The lowest BCUT2D eigenvalue weighted by molar-refractivity contribution is -0.181. The number of hydrogen-bond donors (Lipinski definition) is 0. The molecule has 2 heterocycles. The van der Waals surface area contributed by atoms with Crippen LogP contribution in [0.15, 0.2) is 0 Å². The molecule has 2 rings (SSSR count). The van der Waals surface area contributed by atoms with E-state index in [-0.39, 0.29) is 5.79 Å². The average molecular weight is 170 g/mol. The molecule has 2 nitrogen and oxygen atoms in total. The highest BCUT2D eigenvalue weighted by molar-refractivity contribution is 4.89. The molecule has 0 spiro atoms. The molecule has 2 aliphatic heterocycles. The third-order valence-electron chi connectivity index (χ3n) is 2.93. The molecule has 2 aliphatic rings. The van der Waals surface area contributed by atoms with Crippen LogP contribution in [0.2, 0.25) is 0 Å². The van der Waals surface area contributed by atoms with Crippen LogP contribution in [0.5, 0.6) is 0 Å². The van der Waals surface area contributed by atoms with Gasteiger partial charge in [0.1, 0.15) is 0 Å². The van der Waals surface area contributed by atoms with E-state index < -0.39 is 0 Å². The first-order chi connectivity index (χ1) is 5.61. The van der Waals surface area contributed by atoms with Gasteiger partial charge in [0.2, 0.25) is 0 Å². The minimum absolute atomic E-state index is 0.252. The Morgan fingerprint density at radius 3 is 2.67 bits per heavy atom. The zero-order valence-electron chi connectivity index (χ0n) is 8.17. The lowest BCUT2D eigenvalue weighted by Crippen LogP contribution is -2.30. The van der Waals surface area contributed by atoms with Crippen molar-refractivity contribution in [1.29, 1.82) is 0 Å². The molecule has 2 fully saturated rings. The van der Waals surface area contributed by atoms with E-state index in [1.165, 1.54) is 12.8 Å². The van der Waals surface area contributed by atoms with Crippen molar-refractivity contribution < 1.29 is 9.47 Å². The highest BCUT2D eigenvalue weighted by atomic mass is 16.8. The molecule has 2 heteroatoms. The van der Waals surface area contributed by atoms with Gasteiger partial charge in [-0.15, -0.1) is 0 Å². The Morgan fingerprint density at radius 2 is 2.08 bits per heavy atom. The quantitative estimate of drug-likeness (QED) is 0.601. The smallest absolute Gasteiger partial charge is 0.166 e. The number of hydrogen-bond acceptors (Lipinski definition) is 2. The molecular formula is C10H18O2. The molecule has 0 aromatic heterocycles. The Hall–Kier alpha value is -0.0800. The van der Waals surface area contributed by atoms with Gasteiger partial charge in [0.25, 0.3) is 0 Å². The second-order valence-electron chi connectivity index (χ2n) is 4.51. The summed E-state index contributed by atoms with van der Waals surface area (Å²) >= 11 is 0. The minimum Gasteiger partial charge on any atom is -0.344 e. The Balaban J connectivity index is 2.12. The Labute approximate surface area is 74.2 Å². The summed E-state index contributed by atoms with van der Waals surface area (Å²) in [5.74, 6) is 0.327. The van der Waals surface area contributed by atoms with E-state index in [1.54, 1.807) is 0 Å². The largest absolute Gasteiger partial charge is 0.344 e. The second kappa shape index (κ2) is 2.71. The van der Waals surface area contributed by atoms with Crippen molar-refractivity contribution >= 4 is 0 Å². The molecule has 0 unspecified atom stereocenters. The van der Waals surface area contributed by atoms with Crippen LogP contribution >= 0.6 is 0 Å². The zero-order chi connectivity index (χ0) is 8.77. The van der Waals surface area contributed by atoms with Crippen molar-refractivity contribution in [2.75, 3.05) is 0 Å². The van der Waals surface area contributed by atoms with Gasteiger partial charge in [0.05, 0.1) is 12.2 Å². The maximum Gasteiger partial charge on any atom is 0.166 e. The highest BCUT2D eigenvalue weighted by Crippen LogP contribution is 2.41. The van der Waals surface area contributed by atoms with E-state index in [4.69, 9.17) is 9.47 Å². The van der Waals surface area contributed by atoms with E-state index in [0.29, 0.717) is 18.1 Å². The van der Waals surface area contributed by atoms with Gasteiger partial charge in [-0.2, -0.15) is 0 Å². The predicted molar refractivity (Wildman–Crippen MR) is 46.8 cm³/mol. The summed E-state index contributed by atoms with van der Waals surface area (Å²) in [6.07, 6.45) is 4.19. The van der Waals surface area contributed by atoms with Gasteiger partial charge in [0.15, 0.2) is 5.79 Å². The van der Waals surface area contributed by atoms with E-state index in [2.05, 4.69) is 20.8 Å². The fraction of sp³-hybridized carbons (Fsp3) is 1.00. The van der Waals surface area contributed by atoms with Crippen molar-refractivity contribution in [3.05, 3.63) is 0 Å².